The molecule has 6 aromatic carbocycles. The predicted octanol–water partition coefficient (Wildman–Crippen LogP) is 11.3. The number of hydrogen-bond acceptors (Lipinski definition) is 4. The molecule has 0 bridgehead atoms. The summed E-state index contributed by atoms with van der Waals surface area (Å²) in [4.78, 5) is 15.1. The summed E-state index contributed by atoms with van der Waals surface area (Å²) in [6, 6.07) is 53.1. The Labute approximate surface area is 292 Å². The van der Waals surface area contributed by atoms with Crippen LogP contribution in [0.3, 0.4) is 0 Å². The summed E-state index contributed by atoms with van der Waals surface area (Å²) in [5.41, 5.74) is 13.4. The van der Waals surface area contributed by atoms with Crippen molar-refractivity contribution < 1.29 is 0 Å². The predicted molar refractivity (Wildman–Crippen MR) is 201 cm³/mol. The van der Waals surface area contributed by atoms with Crippen LogP contribution < -0.4 is 0 Å². The fourth-order valence-electron chi connectivity index (χ4n) is 8.17. The van der Waals surface area contributed by atoms with E-state index >= 15 is 0 Å². The van der Waals surface area contributed by atoms with Gasteiger partial charge in [-0.3, -0.25) is 0 Å². The van der Waals surface area contributed by atoms with Gasteiger partial charge in [0.15, 0.2) is 17.5 Å². The van der Waals surface area contributed by atoms with Gasteiger partial charge in [0.2, 0.25) is 0 Å². The summed E-state index contributed by atoms with van der Waals surface area (Å²) in [6.45, 7) is 0. The largest absolute Gasteiger partial charge is 0.208 e. The first-order valence-corrected chi connectivity index (χ1v) is 17.5. The van der Waals surface area contributed by atoms with Crippen molar-refractivity contribution in [3.05, 3.63) is 162 Å². The molecule has 0 unspecified atom stereocenters. The van der Waals surface area contributed by atoms with Gasteiger partial charge < -0.3 is 0 Å². The third-order valence-electron chi connectivity index (χ3n) is 10.6. The van der Waals surface area contributed by atoms with E-state index in [9.17, 15) is 5.26 Å². The zero-order valence-corrected chi connectivity index (χ0v) is 27.7. The molecule has 0 atom stereocenters. The van der Waals surface area contributed by atoms with Crippen molar-refractivity contribution in [2.24, 2.45) is 0 Å². The lowest BCUT2D eigenvalue weighted by Crippen LogP contribution is -2.28. The van der Waals surface area contributed by atoms with Gasteiger partial charge in [-0.15, -0.1) is 0 Å². The maximum absolute atomic E-state index is 9.82. The van der Waals surface area contributed by atoms with Crippen molar-refractivity contribution >= 4 is 0 Å². The first kappa shape index (κ1) is 29.9. The third-order valence-corrected chi connectivity index (χ3v) is 10.6. The molecule has 0 aliphatic heterocycles. The zero-order valence-electron chi connectivity index (χ0n) is 27.7. The van der Waals surface area contributed by atoms with Crippen LogP contribution in [0.2, 0.25) is 0 Å². The first-order valence-electron chi connectivity index (χ1n) is 17.5. The van der Waals surface area contributed by atoms with E-state index in [0.717, 1.165) is 46.2 Å². The van der Waals surface area contributed by atoms with Gasteiger partial charge in [-0.05, 0) is 75.5 Å². The Morgan fingerprint density at radius 1 is 0.440 bits per heavy atom. The second-order valence-electron chi connectivity index (χ2n) is 13.4. The molecule has 7 aromatic rings. The molecule has 50 heavy (non-hydrogen) atoms. The van der Waals surface area contributed by atoms with Crippen LogP contribution >= 0.6 is 0 Å². The van der Waals surface area contributed by atoms with Crippen LogP contribution in [0, 0.1) is 11.3 Å². The molecule has 0 saturated heterocycles. The molecule has 4 heteroatoms. The van der Waals surface area contributed by atoms with E-state index in [-0.39, 0.29) is 5.41 Å². The number of hydrogen-bond donors (Lipinski definition) is 0. The van der Waals surface area contributed by atoms with Crippen LogP contribution in [0.15, 0.2) is 146 Å². The molecule has 1 saturated carbocycles. The standard InChI is InChI=1S/C46H34N4/c47-30-31-20-25-39-41(28-31)46(26-8-3-9-27-46)40-19-11-18-38(42(39)40)36-16-10-17-37(29-36)45-49-43(34-14-6-2-7-15-34)48-44(50-45)35-23-21-33(22-24-35)32-12-4-1-5-13-32/h1-2,4-7,10-25,28-29H,3,8-9,26-27H2. The van der Waals surface area contributed by atoms with E-state index < -0.39 is 0 Å². The van der Waals surface area contributed by atoms with E-state index in [1.165, 1.54) is 52.6 Å². The quantitative estimate of drug-likeness (QED) is 0.187. The van der Waals surface area contributed by atoms with E-state index in [2.05, 4.69) is 109 Å². The lowest BCUT2D eigenvalue weighted by atomic mass is 9.67. The van der Waals surface area contributed by atoms with Gasteiger partial charge in [-0.25, -0.2) is 15.0 Å². The molecule has 2 aliphatic rings. The van der Waals surface area contributed by atoms with Gasteiger partial charge in [0, 0.05) is 22.1 Å². The van der Waals surface area contributed by atoms with E-state index in [0.29, 0.717) is 17.5 Å². The van der Waals surface area contributed by atoms with Gasteiger partial charge in [0.25, 0.3) is 0 Å². The van der Waals surface area contributed by atoms with E-state index in [4.69, 9.17) is 15.0 Å². The molecule has 4 nitrogen and oxygen atoms in total. The highest BCUT2D eigenvalue weighted by Gasteiger charge is 2.44. The van der Waals surface area contributed by atoms with E-state index in [1.807, 2.05) is 42.5 Å². The molecular formula is C46H34N4. The Morgan fingerprint density at radius 2 is 1.00 bits per heavy atom. The summed E-state index contributed by atoms with van der Waals surface area (Å²) < 4.78 is 0. The number of fused-ring (bicyclic) bond motifs is 5. The van der Waals surface area contributed by atoms with Gasteiger partial charge in [0.05, 0.1) is 11.6 Å². The fraction of sp³-hybridized carbons (Fsp3) is 0.130. The highest BCUT2D eigenvalue weighted by atomic mass is 15.0. The van der Waals surface area contributed by atoms with Crippen molar-refractivity contribution in [1.29, 1.82) is 5.26 Å². The molecule has 238 valence electrons. The normalized spacial score (nSPS) is 14.1. The molecular weight excluding hydrogens is 609 g/mol. The SMILES string of the molecule is N#Cc1ccc2c(c1)C1(CCCCC1)c1cccc(-c3cccc(-c4nc(-c5ccccc5)nc(-c5ccc(-c6ccccc6)cc5)n4)c3)c1-2. The van der Waals surface area contributed by atoms with Gasteiger partial charge in [-0.1, -0.05) is 147 Å². The molecule has 1 fully saturated rings. The summed E-state index contributed by atoms with van der Waals surface area (Å²) in [7, 11) is 0. The zero-order chi connectivity index (χ0) is 33.5. The van der Waals surface area contributed by atoms with Crippen LogP contribution in [0.25, 0.3) is 67.5 Å². The van der Waals surface area contributed by atoms with Crippen LogP contribution in [-0.4, -0.2) is 15.0 Å². The molecule has 1 aromatic heterocycles. The van der Waals surface area contributed by atoms with Crippen LogP contribution in [0.5, 0.6) is 0 Å². The number of benzene rings is 6. The number of nitrogens with zero attached hydrogens (tertiary/aromatic N) is 4. The van der Waals surface area contributed by atoms with Gasteiger partial charge in [-0.2, -0.15) is 5.26 Å². The topological polar surface area (TPSA) is 62.5 Å². The maximum Gasteiger partial charge on any atom is 0.164 e. The monoisotopic (exact) mass is 642 g/mol. The average Bonchev–Trinajstić information content (AvgIpc) is 3.46. The lowest BCUT2D eigenvalue weighted by Gasteiger charge is -2.36. The maximum atomic E-state index is 9.82. The Hall–Kier alpha value is -6.18. The van der Waals surface area contributed by atoms with Gasteiger partial charge >= 0.3 is 0 Å². The van der Waals surface area contributed by atoms with Crippen molar-refractivity contribution in [3.8, 4) is 73.6 Å². The number of aromatic nitrogens is 3. The van der Waals surface area contributed by atoms with E-state index in [1.54, 1.807) is 0 Å². The minimum absolute atomic E-state index is 0.0346. The van der Waals surface area contributed by atoms with Crippen LogP contribution in [0.1, 0.15) is 48.8 Å². The number of nitriles is 1. The molecule has 1 spiro atoms. The van der Waals surface area contributed by atoms with Crippen molar-refractivity contribution in [3.63, 3.8) is 0 Å². The van der Waals surface area contributed by atoms with Crippen LogP contribution in [-0.2, 0) is 5.41 Å². The summed E-state index contributed by atoms with van der Waals surface area (Å²) in [5.74, 6) is 1.92. The minimum Gasteiger partial charge on any atom is -0.208 e. The molecule has 2 aliphatic carbocycles. The molecule has 0 radical (unpaired) electrons. The Kier molecular flexibility index (Phi) is 7.40. The Morgan fingerprint density at radius 3 is 1.70 bits per heavy atom. The lowest BCUT2D eigenvalue weighted by molar-refractivity contribution is 0.353. The van der Waals surface area contributed by atoms with Gasteiger partial charge in [0.1, 0.15) is 0 Å². The smallest absolute Gasteiger partial charge is 0.164 e. The first-order chi connectivity index (χ1) is 24.7. The molecule has 0 amide bonds. The van der Waals surface area contributed by atoms with Crippen molar-refractivity contribution in [2.75, 3.05) is 0 Å². The summed E-state index contributed by atoms with van der Waals surface area (Å²) in [6.07, 6.45) is 5.91. The molecule has 0 N–H and O–H groups in total. The second kappa shape index (κ2) is 12.4. The Bertz CT molecular complexity index is 2400. The molecule has 9 rings (SSSR count). The third kappa shape index (κ3) is 5.11. The highest BCUT2D eigenvalue weighted by Crippen LogP contribution is 2.58. The molecule has 1 heterocycles. The average molecular weight is 643 g/mol. The number of rotatable bonds is 5. The second-order valence-corrected chi connectivity index (χ2v) is 13.4. The highest BCUT2D eigenvalue weighted by molar-refractivity contribution is 5.93. The van der Waals surface area contributed by atoms with Crippen molar-refractivity contribution in [2.45, 2.75) is 37.5 Å². The summed E-state index contributed by atoms with van der Waals surface area (Å²) in [5, 5.41) is 9.82. The summed E-state index contributed by atoms with van der Waals surface area (Å²) >= 11 is 0. The van der Waals surface area contributed by atoms with Crippen LogP contribution in [0.4, 0.5) is 0 Å². The minimum atomic E-state index is -0.0346. The Balaban J connectivity index is 1.17. The van der Waals surface area contributed by atoms with Crippen molar-refractivity contribution in [1.82, 2.24) is 15.0 Å². The fourth-order valence-corrected chi connectivity index (χ4v) is 8.17.